The van der Waals surface area contributed by atoms with Crippen molar-refractivity contribution in [3.63, 3.8) is 0 Å². The highest BCUT2D eigenvalue weighted by Crippen LogP contribution is 2.27. The van der Waals surface area contributed by atoms with Gasteiger partial charge >= 0.3 is 0 Å². The van der Waals surface area contributed by atoms with E-state index in [1.165, 1.54) is 18.2 Å². The zero-order valence-corrected chi connectivity index (χ0v) is 14.3. The van der Waals surface area contributed by atoms with Crippen molar-refractivity contribution in [3.8, 4) is 16.9 Å². The molecule has 0 fully saturated rings. The zero-order valence-electron chi connectivity index (χ0n) is 14.3. The van der Waals surface area contributed by atoms with Crippen LogP contribution in [0.4, 0.5) is 10.1 Å². The van der Waals surface area contributed by atoms with Crippen LogP contribution in [0.3, 0.4) is 0 Å². The summed E-state index contributed by atoms with van der Waals surface area (Å²) in [6.07, 6.45) is 3.26. The first kappa shape index (κ1) is 17.4. The minimum atomic E-state index is -0.318. The van der Waals surface area contributed by atoms with Crippen molar-refractivity contribution in [2.75, 3.05) is 12.8 Å². The molecule has 0 aromatic heterocycles. The summed E-state index contributed by atoms with van der Waals surface area (Å²) >= 11 is 0. The number of hydrogen-bond acceptors (Lipinski definition) is 3. The zero-order chi connectivity index (χ0) is 18.5. The van der Waals surface area contributed by atoms with Gasteiger partial charge in [-0.05, 0) is 59.7 Å². The molecule has 4 heteroatoms. The van der Waals surface area contributed by atoms with Gasteiger partial charge in [0.15, 0.2) is 5.78 Å². The predicted octanol–water partition coefficient (Wildman–Crippen LogP) is 4.98. The molecule has 130 valence electrons. The Morgan fingerprint density at radius 1 is 1.00 bits per heavy atom. The van der Waals surface area contributed by atoms with Gasteiger partial charge in [-0.25, -0.2) is 4.39 Å². The molecular formula is C22H18FNO2. The van der Waals surface area contributed by atoms with E-state index in [1.807, 2.05) is 24.3 Å². The first-order chi connectivity index (χ1) is 12.6. The fraction of sp³-hybridized carbons (Fsp3) is 0.0455. The van der Waals surface area contributed by atoms with Crippen LogP contribution < -0.4 is 10.5 Å². The summed E-state index contributed by atoms with van der Waals surface area (Å²) in [4.78, 5) is 12.5. The number of anilines is 1. The van der Waals surface area contributed by atoms with Gasteiger partial charge in [0.2, 0.25) is 0 Å². The van der Waals surface area contributed by atoms with E-state index in [1.54, 1.807) is 43.5 Å². The van der Waals surface area contributed by atoms with Crippen LogP contribution in [0, 0.1) is 5.82 Å². The van der Waals surface area contributed by atoms with E-state index in [0.717, 1.165) is 16.9 Å². The van der Waals surface area contributed by atoms with Gasteiger partial charge in [-0.15, -0.1) is 0 Å². The van der Waals surface area contributed by atoms with E-state index in [2.05, 4.69) is 0 Å². The molecule has 2 N–H and O–H groups in total. The SMILES string of the molecule is COc1ccc(/C=C/C(=O)c2ccc(N)c(-c3ccc(F)cc3)c2)cc1. The second-order valence-corrected chi connectivity index (χ2v) is 5.78. The minimum absolute atomic E-state index is 0.135. The number of nitrogens with two attached hydrogens (primary N) is 1. The molecule has 0 aliphatic rings. The number of hydrogen-bond donors (Lipinski definition) is 1. The van der Waals surface area contributed by atoms with Crippen LogP contribution in [0.2, 0.25) is 0 Å². The molecule has 0 heterocycles. The largest absolute Gasteiger partial charge is 0.497 e. The molecule has 0 aliphatic heterocycles. The highest BCUT2D eigenvalue weighted by atomic mass is 19.1. The normalized spacial score (nSPS) is 10.8. The smallest absolute Gasteiger partial charge is 0.185 e. The van der Waals surface area contributed by atoms with Crippen molar-refractivity contribution in [1.82, 2.24) is 0 Å². The van der Waals surface area contributed by atoms with E-state index >= 15 is 0 Å². The topological polar surface area (TPSA) is 52.3 Å². The number of nitrogen functional groups attached to an aromatic ring is 1. The maximum atomic E-state index is 13.1. The van der Waals surface area contributed by atoms with Crippen molar-refractivity contribution in [3.05, 3.63) is 89.8 Å². The van der Waals surface area contributed by atoms with Crippen molar-refractivity contribution < 1.29 is 13.9 Å². The number of ether oxygens (including phenoxy) is 1. The average Bonchev–Trinajstić information content (AvgIpc) is 2.67. The molecule has 26 heavy (non-hydrogen) atoms. The predicted molar refractivity (Wildman–Crippen MR) is 103 cm³/mol. The Morgan fingerprint density at radius 3 is 2.35 bits per heavy atom. The highest BCUT2D eigenvalue weighted by Gasteiger charge is 2.08. The van der Waals surface area contributed by atoms with Crippen LogP contribution in [0.1, 0.15) is 15.9 Å². The molecule has 3 aromatic carbocycles. The summed E-state index contributed by atoms with van der Waals surface area (Å²) in [7, 11) is 1.61. The summed E-state index contributed by atoms with van der Waals surface area (Å²) < 4.78 is 18.2. The van der Waals surface area contributed by atoms with Gasteiger partial charge in [0.05, 0.1) is 7.11 Å². The number of rotatable bonds is 5. The summed E-state index contributed by atoms with van der Waals surface area (Å²) in [6, 6.07) is 18.5. The van der Waals surface area contributed by atoms with Crippen molar-refractivity contribution in [2.45, 2.75) is 0 Å². The molecule has 0 aliphatic carbocycles. The highest BCUT2D eigenvalue weighted by molar-refractivity contribution is 6.08. The summed E-state index contributed by atoms with van der Waals surface area (Å²) in [5, 5.41) is 0. The van der Waals surface area contributed by atoms with Gasteiger partial charge in [-0.1, -0.05) is 30.3 Å². The lowest BCUT2D eigenvalue weighted by Gasteiger charge is -2.08. The van der Waals surface area contributed by atoms with Crippen LogP contribution in [0.5, 0.6) is 5.75 Å². The third kappa shape index (κ3) is 3.98. The molecule has 0 saturated heterocycles. The Hall–Kier alpha value is -3.40. The molecule has 0 radical (unpaired) electrons. The molecule has 3 nitrogen and oxygen atoms in total. The number of methoxy groups -OCH3 is 1. The van der Waals surface area contributed by atoms with Gasteiger partial charge in [0.25, 0.3) is 0 Å². The van der Waals surface area contributed by atoms with Gasteiger partial charge in [-0.3, -0.25) is 4.79 Å². The van der Waals surface area contributed by atoms with Crippen molar-refractivity contribution in [2.24, 2.45) is 0 Å². The lowest BCUT2D eigenvalue weighted by atomic mass is 9.99. The molecule has 0 bridgehead atoms. The average molecular weight is 347 g/mol. The van der Waals surface area contributed by atoms with Crippen molar-refractivity contribution in [1.29, 1.82) is 0 Å². The molecule has 0 unspecified atom stereocenters. The third-order valence-corrected chi connectivity index (χ3v) is 4.04. The van der Waals surface area contributed by atoms with Crippen LogP contribution in [0.15, 0.2) is 72.8 Å². The van der Waals surface area contributed by atoms with Crippen LogP contribution in [-0.2, 0) is 0 Å². The fourth-order valence-corrected chi connectivity index (χ4v) is 2.57. The summed E-state index contributed by atoms with van der Waals surface area (Å²) in [5.74, 6) is 0.308. The van der Waals surface area contributed by atoms with E-state index in [-0.39, 0.29) is 11.6 Å². The molecule has 0 amide bonds. The first-order valence-electron chi connectivity index (χ1n) is 8.09. The number of benzene rings is 3. The van der Waals surface area contributed by atoms with Gasteiger partial charge in [0.1, 0.15) is 11.6 Å². The Morgan fingerprint density at radius 2 is 1.69 bits per heavy atom. The molecular weight excluding hydrogens is 329 g/mol. The lowest BCUT2D eigenvalue weighted by molar-refractivity contribution is 0.104. The van der Waals surface area contributed by atoms with Crippen LogP contribution in [-0.4, -0.2) is 12.9 Å². The number of halogens is 1. The van der Waals surface area contributed by atoms with Crippen molar-refractivity contribution >= 4 is 17.5 Å². The second-order valence-electron chi connectivity index (χ2n) is 5.78. The fourth-order valence-electron chi connectivity index (χ4n) is 2.57. The summed E-state index contributed by atoms with van der Waals surface area (Å²) in [5.41, 5.74) is 9.43. The molecule has 0 spiro atoms. The Kier molecular flexibility index (Phi) is 5.13. The van der Waals surface area contributed by atoms with Gasteiger partial charge < -0.3 is 10.5 Å². The van der Waals surface area contributed by atoms with Gasteiger partial charge in [-0.2, -0.15) is 0 Å². The Labute approximate surface area is 151 Å². The number of ketones is 1. The third-order valence-electron chi connectivity index (χ3n) is 4.04. The second kappa shape index (κ2) is 7.66. The minimum Gasteiger partial charge on any atom is -0.497 e. The van der Waals surface area contributed by atoms with E-state index in [9.17, 15) is 9.18 Å². The lowest BCUT2D eigenvalue weighted by Crippen LogP contribution is -1.98. The maximum absolute atomic E-state index is 13.1. The summed E-state index contributed by atoms with van der Waals surface area (Å²) in [6.45, 7) is 0. The monoisotopic (exact) mass is 347 g/mol. The Balaban J connectivity index is 1.84. The molecule has 0 atom stereocenters. The quantitative estimate of drug-likeness (QED) is 0.402. The van der Waals surface area contributed by atoms with E-state index in [0.29, 0.717) is 16.8 Å². The standard InChI is InChI=1S/C22H18FNO2/c1-26-19-10-2-15(3-11-19)4-13-22(25)17-7-12-21(24)20(14-17)16-5-8-18(23)9-6-16/h2-14H,24H2,1H3/b13-4+. The van der Waals surface area contributed by atoms with E-state index < -0.39 is 0 Å². The van der Waals surface area contributed by atoms with Gasteiger partial charge in [0, 0.05) is 16.8 Å². The van der Waals surface area contributed by atoms with Crippen LogP contribution >= 0.6 is 0 Å². The number of carbonyl (C=O) groups excluding carboxylic acids is 1. The molecule has 3 aromatic rings. The first-order valence-corrected chi connectivity index (χ1v) is 8.09. The van der Waals surface area contributed by atoms with E-state index in [4.69, 9.17) is 10.5 Å². The number of carbonyl (C=O) groups is 1. The molecule has 3 rings (SSSR count). The number of allylic oxidation sites excluding steroid dienone is 1. The van der Waals surface area contributed by atoms with Crippen LogP contribution in [0.25, 0.3) is 17.2 Å². The molecule has 0 saturated carbocycles. The Bertz CT molecular complexity index is 945. The maximum Gasteiger partial charge on any atom is 0.185 e.